The molecule has 1 rings (SSSR count). The van der Waals surface area contributed by atoms with Gasteiger partial charge in [-0.15, -0.1) is 0 Å². The van der Waals surface area contributed by atoms with Crippen LogP contribution < -0.4 is 5.32 Å². The zero-order valence-corrected chi connectivity index (χ0v) is 8.77. The Balaban J connectivity index is 2.69. The number of hydrogen-bond acceptors (Lipinski definition) is 2. The van der Waals surface area contributed by atoms with Crippen LogP contribution in [0.4, 0.5) is 8.78 Å². The first kappa shape index (κ1) is 13.1. The number of amides is 1. The number of carbonyl (C=O) groups is 2. The van der Waals surface area contributed by atoms with E-state index in [2.05, 4.69) is 0 Å². The molecule has 0 radical (unpaired) electrons. The van der Waals surface area contributed by atoms with Crippen molar-refractivity contribution in [1.29, 1.82) is 0 Å². The highest BCUT2D eigenvalue weighted by atomic mass is 19.3. The van der Waals surface area contributed by atoms with Crippen LogP contribution in [-0.2, 0) is 9.59 Å². The number of benzene rings is 1. The Morgan fingerprint density at radius 3 is 2.29 bits per heavy atom. The maximum Gasteiger partial charge on any atom is 0.315 e. The largest absolute Gasteiger partial charge is 0.481 e. The van der Waals surface area contributed by atoms with E-state index in [9.17, 15) is 18.4 Å². The summed E-state index contributed by atoms with van der Waals surface area (Å²) in [6, 6.07) is 8.11. The summed E-state index contributed by atoms with van der Waals surface area (Å²) in [5.41, 5.74) is 0.453. The summed E-state index contributed by atoms with van der Waals surface area (Å²) >= 11 is 0. The van der Waals surface area contributed by atoms with Gasteiger partial charge in [-0.05, 0) is 5.56 Å². The van der Waals surface area contributed by atoms with Gasteiger partial charge in [0, 0.05) is 6.54 Å². The molecule has 0 bridgehead atoms. The van der Waals surface area contributed by atoms with Crippen LogP contribution in [0.3, 0.4) is 0 Å². The van der Waals surface area contributed by atoms with E-state index in [1.165, 1.54) is 0 Å². The molecule has 0 aliphatic carbocycles. The van der Waals surface area contributed by atoms with Crippen molar-refractivity contribution in [3.05, 3.63) is 35.9 Å². The van der Waals surface area contributed by atoms with Crippen molar-refractivity contribution in [2.45, 2.75) is 12.3 Å². The Hall–Kier alpha value is -1.98. The van der Waals surface area contributed by atoms with Crippen LogP contribution in [0.15, 0.2) is 30.3 Å². The number of aliphatic carboxylic acids is 1. The second-order valence-corrected chi connectivity index (χ2v) is 3.35. The monoisotopic (exact) mass is 243 g/mol. The van der Waals surface area contributed by atoms with Crippen LogP contribution in [-0.4, -0.2) is 30.0 Å². The van der Waals surface area contributed by atoms with Crippen LogP contribution in [0.2, 0.25) is 0 Å². The molecule has 6 heteroatoms. The molecule has 17 heavy (non-hydrogen) atoms. The normalized spacial score (nSPS) is 12.2. The highest BCUT2D eigenvalue weighted by Crippen LogP contribution is 2.14. The van der Waals surface area contributed by atoms with Gasteiger partial charge in [-0.3, -0.25) is 9.59 Å². The molecule has 1 atom stereocenters. The van der Waals surface area contributed by atoms with Crippen molar-refractivity contribution < 1.29 is 23.5 Å². The summed E-state index contributed by atoms with van der Waals surface area (Å²) in [5, 5.41) is 10.8. The van der Waals surface area contributed by atoms with Gasteiger partial charge in [0.1, 0.15) is 0 Å². The Morgan fingerprint density at radius 1 is 1.24 bits per heavy atom. The standard InChI is InChI=1S/C11H11F2NO3/c12-9(13)10(15)14-6-8(11(16)17)7-4-2-1-3-5-7/h1-5,8-9H,6H2,(H,14,15)(H,16,17). The van der Waals surface area contributed by atoms with E-state index in [4.69, 9.17) is 5.11 Å². The highest BCUT2D eigenvalue weighted by Gasteiger charge is 2.22. The van der Waals surface area contributed by atoms with Crippen molar-refractivity contribution in [2.75, 3.05) is 6.54 Å². The van der Waals surface area contributed by atoms with Crippen molar-refractivity contribution in [3.8, 4) is 0 Å². The highest BCUT2D eigenvalue weighted by molar-refractivity contribution is 5.81. The number of hydrogen-bond donors (Lipinski definition) is 2. The molecule has 4 nitrogen and oxygen atoms in total. The number of carbonyl (C=O) groups excluding carboxylic acids is 1. The lowest BCUT2D eigenvalue weighted by molar-refractivity contribution is -0.139. The lowest BCUT2D eigenvalue weighted by Crippen LogP contribution is -2.35. The van der Waals surface area contributed by atoms with Gasteiger partial charge in [0.2, 0.25) is 0 Å². The van der Waals surface area contributed by atoms with Gasteiger partial charge >= 0.3 is 12.4 Å². The molecule has 2 N–H and O–H groups in total. The van der Waals surface area contributed by atoms with Gasteiger partial charge < -0.3 is 10.4 Å². The molecular formula is C11H11F2NO3. The van der Waals surface area contributed by atoms with Gasteiger partial charge in [0.05, 0.1) is 5.92 Å². The molecule has 1 amide bonds. The van der Waals surface area contributed by atoms with E-state index in [1.54, 1.807) is 30.3 Å². The van der Waals surface area contributed by atoms with Crippen LogP contribution in [0.25, 0.3) is 0 Å². The summed E-state index contributed by atoms with van der Waals surface area (Å²) in [7, 11) is 0. The molecule has 0 fully saturated rings. The van der Waals surface area contributed by atoms with E-state index in [-0.39, 0.29) is 6.54 Å². The van der Waals surface area contributed by atoms with Gasteiger partial charge in [0.15, 0.2) is 0 Å². The minimum Gasteiger partial charge on any atom is -0.481 e. The van der Waals surface area contributed by atoms with Crippen LogP contribution in [0.5, 0.6) is 0 Å². The Bertz CT molecular complexity index is 395. The number of nitrogens with one attached hydrogen (secondary N) is 1. The molecule has 1 aromatic rings. The SMILES string of the molecule is O=C(NCC(C(=O)O)c1ccccc1)C(F)F. The second-order valence-electron chi connectivity index (χ2n) is 3.35. The third kappa shape index (κ3) is 3.82. The van der Waals surface area contributed by atoms with E-state index < -0.39 is 24.2 Å². The molecular weight excluding hydrogens is 232 g/mol. The van der Waals surface area contributed by atoms with Gasteiger partial charge in [-0.2, -0.15) is 8.78 Å². The van der Waals surface area contributed by atoms with Crippen molar-refractivity contribution >= 4 is 11.9 Å². The first-order valence-corrected chi connectivity index (χ1v) is 4.86. The van der Waals surface area contributed by atoms with Crippen molar-refractivity contribution in [3.63, 3.8) is 0 Å². The quantitative estimate of drug-likeness (QED) is 0.817. The fraction of sp³-hybridized carbons (Fsp3) is 0.273. The first-order valence-electron chi connectivity index (χ1n) is 4.86. The predicted molar refractivity (Wildman–Crippen MR) is 55.8 cm³/mol. The Kier molecular flexibility index (Phi) is 4.56. The summed E-state index contributed by atoms with van der Waals surface area (Å²) in [6.45, 7) is -0.359. The van der Waals surface area contributed by atoms with Crippen molar-refractivity contribution in [2.24, 2.45) is 0 Å². The molecule has 0 saturated carbocycles. The molecule has 0 aliphatic heterocycles. The topological polar surface area (TPSA) is 66.4 Å². The third-order valence-corrected chi connectivity index (χ3v) is 2.18. The van der Waals surface area contributed by atoms with Gasteiger partial charge in [0.25, 0.3) is 5.91 Å². The van der Waals surface area contributed by atoms with E-state index in [0.29, 0.717) is 5.56 Å². The van der Waals surface area contributed by atoms with E-state index >= 15 is 0 Å². The van der Waals surface area contributed by atoms with Crippen LogP contribution in [0.1, 0.15) is 11.5 Å². The number of rotatable bonds is 5. The molecule has 0 heterocycles. The van der Waals surface area contributed by atoms with E-state index in [1.807, 2.05) is 5.32 Å². The minimum absolute atomic E-state index is 0.359. The summed E-state index contributed by atoms with van der Waals surface area (Å²) < 4.78 is 23.8. The molecule has 0 aromatic heterocycles. The lowest BCUT2D eigenvalue weighted by atomic mass is 9.99. The summed E-state index contributed by atoms with van der Waals surface area (Å²) in [6.07, 6.45) is -3.14. The van der Waals surface area contributed by atoms with Crippen molar-refractivity contribution in [1.82, 2.24) is 5.32 Å². The fourth-order valence-corrected chi connectivity index (χ4v) is 1.31. The van der Waals surface area contributed by atoms with Crippen LogP contribution >= 0.6 is 0 Å². The predicted octanol–water partition coefficient (Wildman–Crippen LogP) is 1.24. The maximum atomic E-state index is 11.9. The molecule has 0 saturated heterocycles. The first-order chi connectivity index (χ1) is 8.02. The summed E-state index contributed by atoms with van der Waals surface area (Å²) in [5.74, 6) is -3.67. The molecule has 0 aliphatic rings. The number of halogens is 2. The lowest BCUT2D eigenvalue weighted by Gasteiger charge is -2.13. The smallest absolute Gasteiger partial charge is 0.315 e. The average Bonchev–Trinajstić information content (AvgIpc) is 2.29. The van der Waals surface area contributed by atoms with Gasteiger partial charge in [-0.1, -0.05) is 30.3 Å². The number of carboxylic acids is 1. The van der Waals surface area contributed by atoms with E-state index in [0.717, 1.165) is 0 Å². The van der Waals surface area contributed by atoms with Crippen LogP contribution in [0, 0.1) is 0 Å². The Labute approximate surface area is 96.3 Å². The number of alkyl halides is 2. The maximum absolute atomic E-state index is 11.9. The zero-order chi connectivity index (χ0) is 12.8. The number of carboxylic acid groups (broad SMARTS) is 1. The minimum atomic E-state index is -3.14. The van der Waals surface area contributed by atoms with Gasteiger partial charge in [-0.25, -0.2) is 0 Å². The summed E-state index contributed by atoms with van der Waals surface area (Å²) in [4.78, 5) is 21.6. The Morgan fingerprint density at radius 2 is 1.82 bits per heavy atom. The molecule has 1 aromatic carbocycles. The zero-order valence-electron chi connectivity index (χ0n) is 8.77. The third-order valence-electron chi connectivity index (χ3n) is 2.18. The second kappa shape index (κ2) is 5.93. The fourth-order valence-electron chi connectivity index (χ4n) is 1.31. The molecule has 92 valence electrons. The average molecular weight is 243 g/mol. The molecule has 1 unspecified atom stereocenters. The molecule has 0 spiro atoms.